The second-order valence-electron chi connectivity index (χ2n) is 5.35. The molecule has 2 unspecified atom stereocenters. The summed E-state index contributed by atoms with van der Waals surface area (Å²) in [6.45, 7) is 4.37. The van der Waals surface area contributed by atoms with E-state index in [4.69, 9.17) is 19.9 Å². The molecule has 4 nitrogen and oxygen atoms in total. The SMILES string of the molecule is COc1ccc(C(C)CCN)cc1OC1CCCOC1. The van der Waals surface area contributed by atoms with Gasteiger partial charge in [0.1, 0.15) is 6.10 Å². The maximum atomic E-state index is 6.07. The number of methoxy groups -OCH3 is 1. The van der Waals surface area contributed by atoms with E-state index in [1.807, 2.05) is 6.07 Å². The van der Waals surface area contributed by atoms with Gasteiger partial charge in [0.05, 0.1) is 13.7 Å². The van der Waals surface area contributed by atoms with Crippen LogP contribution in [0.1, 0.15) is 37.7 Å². The Morgan fingerprint density at radius 1 is 1.40 bits per heavy atom. The second kappa shape index (κ2) is 7.50. The second-order valence-corrected chi connectivity index (χ2v) is 5.35. The zero-order valence-electron chi connectivity index (χ0n) is 12.4. The van der Waals surface area contributed by atoms with Crippen LogP contribution < -0.4 is 15.2 Å². The summed E-state index contributed by atoms with van der Waals surface area (Å²) in [5, 5.41) is 0. The van der Waals surface area contributed by atoms with Gasteiger partial charge in [0, 0.05) is 6.61 Å². The highest BCUT2D eigenvalue weighted by Crippen LogP contribution is 2.33. The first-order valence-electron chi connectivity index (χ1n) is 7.37. The Kier molecular flexibility index (Phi) is 5.68. The van der Waals surface area contributed by atoms with E-state index in [-0.39, 0.29) is 6.10 Å². The number of ether oxygens (including phenoxy) is 3. The molecular weight excluding hydrogens is 254 g/mol. The quantitative estimate of drug-likeness (QED) is 0.870. The maximum absolute atomic E-state index is 6.07. The number of benzene rings is 1. The van der Waals surface area contributed by atoms with Gasteiger partial charge in [-0.1, -0.05) is 13.0 Å². The molecule has 1 aromatic carbocycles. The van der Waals surface area contributed by atoms with Crippen LogP contribution in [-0.4, -0.2) is 33.0 Å². The Balaban J connectivity index is 2.13. The van der Waals surface area contributed by atoms with E-state index in [0.717, 1.165) is 37.4 Å². The number of nitrogens with two attached hydrogens (primary N) is 1. The lowest BCUT2D eigenvalue weighted by Crippen LogP contribution is -2.28. The van der Waals surface area contributed by atoms with Crippen LogP contribution in [0.25, 0.3) is 0 Å². The largest absolute Gasteiger partial charge is 0.493 e. The summed E-state index contributed by atoms with van der Waals surface area (Å²) in [6.07, 6.45) is 3.18. The molecule has 1 saturated heterocycles. The van der Waals surface area contributed by atoms with E-state index in [1.54, 1.807) is 7.11 Å². The molecule has 0 bridgehead atoms. The Hall–Kier alpha value is -1.26. The predicted octanol–water partition coefficient (Wildman–Crippen LogP) is 2.71. The third-order valence-corrected chi connectivity index (χ3v) is 3.77. The Morgan fingerprint density at radius 2 is 2.25 bits per heavy atom. The molecule has 1 aliphatic heterocycles. The van der Waals surface area contributed by atoms with Gasteiger partial charge in [-0.15, -0.1) is 0 Å². The van der Waals surface area contributed by atoms with Gasteiger partial charge in [-0.05, 0) is 49.4 Å². The normalized spacial score (nSPS) is 20.4. The van der Waals surface area contributed by atoms with Crippen LogP contribution >= 0.6 is 0 Å². The zero-order chi connectivity index (χ0) is 14.4. The van der Waals surface area contributed by atoms with E-state index >= 15 is 0 Å². The molecule has 0 radical (unpaired) electrons. The lowest BCUT2D eigenvalue weighted by Gasteiger charge is -2.25. The smallest absolute Gasteiger partial charge is 0.161 e. The topological polar surface area (TPSA) is 53.7 Å². The van der Waals surface area contributed by atoms with Crippen molar-refractivity contribution < 1.29 is 14.2 Å². The number of hydrogen-bond acceptors (Lipinski definition) is 4. The van der Waals surface area contributed by atoms with Gasteiger partial charge in [-0.2, -0.15) is 0 Å². The molecule has 1 heterocycles. The predicted molar refractivity (Wildman–Crippen MR) is 79.5 cm³/mol. The Morgan fingerprint density at radius 3 is 2.90 bits per heavy atom. The lowest BCUT2D eigenvalue weighted by atomic mass is 9.97. The van der Waals surface area contributed by atoms with Crippen molar-refractivity contribution >= 4 is 0 Å². The average molecular weight is 279 g/mol. The van der Waals surface area contributed by atoms with Gasteiger partial charge in [0.2, 0.25) is 0 Å². The summed E-state index contributed by atoms with van der Waals surface area (Å²) < 4.78 is 16.9. The van der Waals surface area contributed by atoms with Crippen LogP contribution in [0.4, 0.5) is 0 Å². The molecule has 0 amide bonds. The van der Waals surface area contributed by atoms with Gasteiger partial charge >= 0.3 is 0 Å². The maximum Gasteiger partial charge on any atom is 0.161 e. The molecular formula is C16H25NO3. The van der Waals surface area contributed by atoms with E-state index in [9.17, 15) is 0 Å². The molecule has 4 heteroatoms. The van der Waals surface area contributed by atoms with E-state index in [0.29, 0.717) is 19.1 Å². The highest BCUT2D eigenvalue weighted by Gasteiger charge is 2.18. The van der Waals surface area contributed by atoms with Gasteiger partial charge in [-0.25, -0.2) is 0 Å². The first-order valence-corrected chi connectivity index (χ1v) is 7.37. The fourth-order valence-electron chi connectivity index (χ4n) is 2.49. The molecule has 2 atom stereocenters. The molecule has 0 spiro atoms. The van der Waals surface area contributed by atoms with Crippen molar-refractivity contribution in [2.24, 2.45) is 5.73 Å². The summed E-state index contributed by atoms with van der Waals surface area (Å²) in [5.41, 5.74) is 6.88. The minimum atomic E-state index is 0.123. The summed E-state index contributed by atoms with van der Waals surface area (Å²) in [6, 6.07) is 6.14. The summed E-state index contributed by atoms with van der Waals surface area (Å²) in [4.78, 5) is 0. The monoisotopic (exact) mass is 279 g/mol. The van der Waals surface area contributed by atoms with E-state index in [1.165, 1.54) is 5.56 Å². The van der Waals surface area contributed by atoms with Gasteiger partial charge in [0.15, 0.2) is 11.5 Å². The van der Waals surface area contributed by atoms with E-state index < -0.39 is 0 Å². The molecule has 1 aliphatic rings. The molecule has 0 saturated carbocycles. The van der Waals surface area contributed by atoms with Gasteiger partial charge in [0.25, 0.3) is 0 Å². The summed E-state index contributed by atoms with van der Waals surface area (Å²) in [5.74, 6) is 2.01. The van der Waals surface area contributed by atoms with Crippen LogP contribution in [0.2, 0.25) is 0 Å². The first-order chi connectivity index (χ1) is 9.74. The molecule has 0 aromatic heterocycles. The van der Waals surface area contributed by atoms with Crippen molar-refractivity contribution in [2.75, 3.05) is 26.9 Å². The first kappa shape index (κ1) is 15.1. The van der Waals surface area contributed by atoms with Crippen LogP contribution in [0, 0.1) is 0 Å². The Labute approximate surface area is 121 Å². The molecule has 0 aliphatic carbocycles. The van der Waals surface area contributed by atoms with Crippen molar-refractivity contribution in [3.05, 3.63) is 23.8 Å². The minimum absolute atomic E-state index is 0.123. The molecule has 1 fully saturated rings. The van der Waals surface area contributed by atoms with Gasteiger partial charge < -0.3 is 19.9 Å². The van der Waals surface area contributed by atoms with Crippen molar-refractivity contribution in [2.45, 2.75) is 38.2 Å². The molecule has 1 aromatic rings. The highest BCUT2D eigenvalue weighted by molar-refractivity contribution is 5.44. The third-order valence-electron chi connectivity index (χ3n) is 3.77. The molecule has 20 heavy (non-hydrogen) atoms. The van der Waals surface area contributed by atoms with E-state index in [2.05, 4.69) is 19.1 Å². The lowest BCUT2D eigenvalue weighted by molar-refractivity contribution is 0.00640. The minimum Gasteiger partial charge on any atom is -0.493 e. The van der Waals surface area contributed by atoms with Crippen LogP contribution in [0.15, 0.2) is 18.2 Å². The Bertz CT molecular complexity index is 416. The van der Waals surface area contributed by atoms with Crippen molar-refractivity contribution in [1.29, 1.82) is 0 Å². The summed E-state index contributed by atoms with van der Waals surface area (Å²) >= 11 is 0. The fraction of sp³-hybridized carbons (Fsp3) is 0.625. The standard InChI is InChI=1S/C16H25NO3/c1-12(7-8-17)13-5-6-15(18-2)16(10-13)20-14-4-3-9-19-11-14/h5-6,10,12,14H,3-4,7-9,11,17H2,1-2H3. The van der Waals surface area contributed by atoms with Crippen molar-refractivity contribution in [3.8, 4) is 11.5 Å². The van der Waals surface area contributed by atoms with Crippen LogP contribution in [-0.2, 0) is 4.74 Å². The molecule has 2 rings (SSSR count). The molecule has 2 N–H and O–H groups in total. The number of hydrogen-bond donors (Lipinski definition) is 1. The molecule has 112 valence electrons. The average Bonchev–Trinajstić information content (AvgIpc) is 2.48. The highest BCUT2D eigenvalue weighted by atomic mass is 16.5. The fourth-order valence-corrected chi connectivity index (χ4v) is 2.49. The van der Waals surface area contributed by atoms with Crippen LogP contribution in [0.3, 0.4) is 0 Å². The third kappa shape index (κ3) is 3.87. The number of rotatable bonds is 6. The van der Waals surface area contributed by atoms with Crippen LogP contribution in [0.5, 0.6) is 11.5 Å². The van der Waals surface area contributed by atoms with Crippen molar-refractivity contribution in [3.63, 3.8) is 0 Å². The van der Waals surface area contributed by atoms with Gasteiger partial charge in [-0.3, -0.25) is 0 Å². The zero-order valence-corrected chi connectivity index (χ0v) is 12.4. The van der Waals surface area contributed by atoms with Crippen molar-refractivity contribution in [1.82, 2.24) is 0 Å². The summed E-state index contributed by atoms with van der Waals surface area (Å²) in [7, 11) is 1.67.